The van der Waals surface area contributed by atoms with Crippen molar-refractivity contribution >= 4 is 32.7 Å². The maximum Gasteiger partial charge on any atom is 0.270 e. The Balaban J connectivity index is 1.56. The van der Waals surface area contributed by atoms with E-state index in [4.69, 9.17) is 0 Å². The lowest BCUT2D eigenvalue weighted by Gasteiger charge is -2.11. The van der Waals surface area contributed by atoms with Gasteiger partial charge in [-0.3, -0.25) is 14.9 Å². The molecule has 0 radical (unpaired) electrons. The van der Waals surface area contributed by atoms with E-state index >= 15 is 0 Å². The van der Waals surface area contributed by atoms with Gasteiger partial charge < -0.3 is 0 Å². The van der Waals surface area contributed by atoms with Crippen molar-refractivity contribution in [2.24, 2.45) is 0 Å². The Morgan fingerprint density at radius 3 is 2.63 bits per heavy atom. The fraction of sp³-hybridized carbons (Fsp3) is 0.0476. The van der Waals surface area contributed by atoms with Crippen LogP contribution in [0.2, 0.25) is 0 Å². The molecule has 0 aliphatic rings. The van der Waals surface area contributed by atoms with Crippen LogP contribution < -0.4 is 10.1 Å². The number of nitrogens with zero attached hydrogens (tertiary/aromatic N) is 2. The smallest absolute Gasteiger partial charge is 0.270 e. The summed E-state index contributed by atoms with van der Waals surface area (Å²) < 4.78 is 42.7. The van der Waals surface area contributed by atoms with E-state index in [9.17, 15) is 17.6 Å². The van der Waals surface area contributed by atoms with E-state index in [1.807, 2.05) is 24.3 Å². The number of anilines is 1. The monoisotopic (exact) mass is 424 g/mol. The molecule has 0 aliphatic carbocycles. The van der Waals surface area contributed by atoms with Crippen LogP contribution in [0.25, 0.3) is 11.0 Å². The predicted molar refractivity (Wildman–Crippen MR) is 112 cm³/mol. The van der Waals surface area contributed by atoms with Gasteiger partial charge >= 0.3 is 0 Å². The number of fused-ring (bicyclic) bond motifs is 1. The van der Waals surface area contributed by atoms with Gasteiger partial charge in [-0.1, -0.05) is 24.3 Å². The number of carbonyl (C=O) groups excluding carboxylic acids is 1. The molecule has 152 valence electrons. The average molecular weight is 424 g/mol. The van der Waals surface area contributed by atoms with Crippen molar-refractivity contribution < 1.29 is 17.6 Å². The average Bonchev–Trinajstić information content (AvgIpc) is 3.13. The van der Waals surface area contributed by atoms with Gasteiger partial charge in [-0.2, -0.15) is 0 Å². The number of nitrogens with one attached hydrogen (secondary N) is 2. The van der Waals surface area contributed by atoms with Gasteiger partial charge in [0.25, 0.3) is 15.9 Å². The second-order valence-electron chi connectivity index (χ2n) is 6.64. The largest absolute Gasteiger partial charge is 0.280 e. The van der Waals surface area contributed by atoms with E-state index in [1.165, 1.54) is 35.3 Å². The summed E-state index contributed by atoms with van der Waals surface area (Å²) in [7, 11) is -4.01. The van der Waals surface area contributed by atoms with Crippen LogP contribution in [-0.2, 0) is 10.0 Å². The van der Waals surface area contributed by atoms with Gasteiger partial charge in [-0.25, -0.2) is 22.5 Å². The number of sulfonamides is 1. The van der Waals surface area contributed by atoms with Gasteiger partial charge in [0.2, 0.25) is 0 Å². The number of halogens is 1. The maximum absolute atomic E-state index is 13.8. The first-order valence-electron chi connectivity index (χ1n) is 8.96. The minimum absolute atomic E-state index is 0.180. The maximum atomic E-state index is 13.8. The molecule has 2 N–H and O–H groups in total. The number of amides is 1. The van der Waals surface area contributed by atoms with Crippen LogP contribution in [0.5, 0.6) is 0 Å². The van der Waals surface area contributed by atoms with Gasteiger partial charge in [0, 0.05) is 11.3 Å². The number of hydrogen-bond acceptors (Lipinski definition) is 4. The molecule has 1 aromatic heterocycles. The van der Waals surface area contributed by atoms with Gasteiger partial charge in [-0.05, 0) is 55.0 Å². The highest BCUT2D eigenvalue weighted by Gasteiger charge is 2.17. The molecule has 0 saturated heterocycles. The lowest BCUT2D eigenvalue weighted by atomic mass is 10.2. The number of para-hydroxylation sites is 2. The Morgan fingerprint density at radius 1 is 1.03 bits per heavy atom. The molecule has 4 aromatic rings. The Kier molecular flexibility index (Phi) is 4.96. The molecule has 3 aromatic carbocycles. The topological polar surface area (TPSA) is 93.1 Å². The Bertz CT molecular complexity index is 1370. The van der Waals surface area contributed by atoms with Crippen molar-refractivity contribution in [3.63, 3.8) is 0 Å². The van der Waals surface area contributed by atoms with E-state index in [1.54, 1.807) is 19.1 Å². The Morgan fingerprint density at radius 2 is 1.83 bits per heavy atom. The van der Waals surface area contributed by atoms with E-state index in [-0.39, 0.29) is 16.1 Å². The van der Waals surface area contributed by atoms with Crippen LogP contribution >= 0.6 is 0 Å². The van der Waals surface area contributed by atoms with Crippen LogP contribution in [-0.4, -0.2) is 24.0 Å². The van der Waals surface area contributed by atoms with Crippen LogP contribution in [0.1, 0.15) is 15.9 Å². The van der Waals surface area contributed by atoms with Gasteiger partial charge in [0.15, 0.2) is 0 Å². The Hall–Kier alpha value is -3.72. The Labute approximate surface area is 172 Å². The molecule has 0 spiro atoms. The molecule has 30 heavy (non-hydrogen) atoms. The van der Waals surface area contributed by atoms with Crippen molar-refractivity contribution in [3.8, 4) is 0 Å². The summed E-state index contributed by atoms with van der Waals surface area (Å²) in [6, 6.07) is 17.0. The highest BCUT2D eigenvalue weighted by Crippen LogP contribution is 2.20. The third kappa shape index (κ3) is 3.87. The molecule has 0 saturated carbocycles. The number of aryl methyl sites for hydroxylation is 1. The molecule has 7 nitrogen and oxygen atoms in total. The summed E-state index contributed by atoms with van der Waals surface area (Å²) in [5.74, 6) is -1.06. The number of carbonyl (C=O) groups is 1. The summed E-state index contributed by atoms with van der Waals surface area (Å²) >= 11 is 0. The third-order valence-electron chi connectivity index (χ3n) is 4.51. The summed E-state index contributed by atoms with van der Waals surface area (Å²) in [5.41, 5.74) is 4.92. The van der Waals surface area contributed by atoms with Crippen molar-refractivity contribution in [2.75, 3.05) is 10.1 Å². The molecule has 0 atom stereocenters. The van der Waals surface area contributed by atoms with Gasteiger partial charge in [0.1, 0.15) is 12.1 Å². The van der Waals surface area contributed by atoms with Crippen LogP contribution in [0.3, 0.4) is 0 Å². The lowest BCUT2D eigenvalue weighted by Crippen LogP contribution is -2.22. The molecular formula is C21H17FN4O3S. The standard InChI is InChI=1S/C21H17FN4O3S/c1-14-9-10-17(12-18(14)22)30(28,29)25-16-6-4-5-15(11-16)21(27)24-26-13-23-19-7-2-3-8-20(19)26/h2-13,25H,1H3,(H,24,27). The van der Waals surface area contributed by atoms with Crippen LogP contribution in [0.4, 0.5) is 10.1 Å². The van der Waals surface area contributed by atoms with Crippen LogP contribution in [0.15, 0.2) is 78.0 Å². The second-order valence-corrected chi connectivity index (χ2v) is 8.32. The van der Waals surface area contributed by atoms with E-state index in [2.05, 4.69) is 15.1 Å². The first-order chi connectivity index (χ1) is 14.3. The zero-order chi connectivity index (χ0) is 21.3. The number of imidazole rings is 1. The summed E-state index contributed by atoms with van der Waals surface area (Å²) in [5, 5.41) is 0. The molecule has 0 aliphatic heterocycles. The fourth-order valence-electron chi connectivity index (χ4n) is 2.90. The fourth-order valence-corrected chi connectivity index (χ4v) is 3.96. The SMILES string of the molecule is Cc1ccc(S(=O)(=O)Nc2cccc(C(=O)Nn3cnc4ccccc43)c2)cc1F. The van der Waals surface area contributed by atoms with Gasteiger partial charge in [0.05, 0.1) is 15.9 Å². The minimum Gasteiger partial charge on any atom is -0.280 e. The molecular weight excluding hydrogens is 407 g/mol. The number of aromatic nitrogens is 2. The third-order valence-corrected chi connectivity index (χ3v) is 5.89. The second kappa shape index (κ2) is 7.60. The molecule has 9 heteroatoms. The van der Waals surface area contributed by atoms with E-state index in [0.717, 1.165) is 17.1 Å². The molecule has 0 unspecified atom stereocenters. The highest BCUT2D eigenvalue weighted by atomic mass is 32.2. The number of benzene rings is 3. The summed E-state index contributed by atoms with van der Waals surface area (Å²) in [6.07, 6.45) is 1.49. The summed E-state index contributed by atoms with van der Waals surface area (Å²) in [4.78, 5) is 16.6. The molecule has 1 heterocycles. The van der Waals surface area contributed by atoms with Crippen molar-refractivity contribution in [1.29, 1.82) is 0 Å². The zero-order valence-electron chi connectivity index (χ0n) is 15.8. The number of hydrogen-bond donors (Lipinski definition) is 2. The molecule has 0 fully saturated rings. The lowest BCUT2D eigenvalue weighted by molar-refractivity contribution is 0.101. The summed E-state index contributed by atoms with van der Waals surface area (Å²) in [6.45, 7) is 1.55. The predicted octanol–water partition coefficient (Wildman–Crippen LogP) is 3.67. The van der Waals surface area contributed by atoms with Crippen molar-refractivity contribution in [1.82, 2.24) is 9.66 Å². The normalized spacial score (nSPS) is 11.4. The van der Waals surface area contributed by atoms with E-state index in [0.29, 0.717) is 5.56 Å². The number of rotatable bonds is 5. The van der Waals surface area contributed by atoms with Gasteiger partial charge in [-0.15, -0.1) is 0 Å². The van der Waals surface area contributed by atoms with E-state index < -0.39 is 21.7 Å². The highest BCUT2D eigenvalue weighted by molar-refractivity contribution is 7.92. The van der Waals surface area contributed by atoms with Crippen molar-refractivity contribution in [3.05, 3.63) is 90.0 Å². The van der Waals surface area contributed by atoms with Crippen molar-refractivity contribution in [2.45, 2.75) is 11.8 Å². The quantitative estimate of drug-likeness (QED) is 0.511. The zero-order valence-corrected chi connectivity index (χ0v) is 16.7. The first kappa shape index (κ1) is 19.6. The van der Waals surface area contributed by atoms with Crippen LogP contribution in [0, 0.1) is 12.7 Å². The molecule has 0 bridgehead atoms. The molecule has 1 amide bonds. The first-order valence-corrected chi connectivity index (χ1v) is 10.4. The molecule has 4 rings (SSSR count). The minimum atomic E-state index is -4.01.